The van der Waals surface area contributed by atoms with Crippen LogP contribution in [0.3, 0.4) is 0 Å². The van der Waals surface area contributed by atoms with E-state index in [0.717, 1.165) is 6.07 Å². The van der Waals surface area contributed by atoms with Crippen molar-refractivity contribution in [3.8, 4) is 16.3 Å². The summed E-state index contributed by atoms with van der Waals surface area (Å²) in [5, 5.41) is 11.6. The van der Waals surface area contributed by atoms with Gasteiger partial charge in [-0.05, 0) is 12.1 Å². The highest BCUT2D eigenvalue weighted by Crippen LogP contribution is 2.27. The van der Waals surface area contributed by atoms with Crippen molar-refractivity contribution in [2.45, 2.75) is 6.42 Å². The fourth-order valence-electron chi connectivity index (χ4n) is 1.44. The number of phenolic OH excluding ortho intramolecular Hbond substituents is 1. The van der Waals surface area contributed by atoms with Gasteiger partial charge < -0.3 is 9.84 Å². The summed E-state index contributed by atoms with van der Waals surface area (Å²) in [4.78, 5) is 15.3. The average molecular weight is 267 g/mol. The number of carbonyl (C=O) groups is 1. The predicted octanol–water partition coefficient (Wildman–Crippen LogP) is 2.37. The van der Waals surface area contributed by atoms with Gasteiger partial charge in [-0.15, -0.1) is 11.3 Å². The first-order valence-electron chi connectivity index (χ1n) is 5.09. The molecule has 0 aliphatic carbocycles. The summed E-state index contributed by atoms with van der Waals surface area (Å²) in [6, 6.07) is 3.72. The normalized spacial score (nSPS) is 10.3. The number of aromatic nitrogens is 1. The van der Waals surface area contributed by atoms with Crippen LogP contribution in [0.25, 0.3) is 10.6 Å². The smallest absolute Gasteiger partial charge is 0.311 e. The van der Waals surface area contributed by atoms with Crippen LogP contribution in [-0.2, 0) is 16.0 Å². The van der Waals surface area contributed by atoms with Crippen LogP contribution < -0.4 is 0 Å². The van der Waals surface area contributed by atoms with Crippen molar-refractivity contribution < 1.29 is 19.0 Å². The van der Waals surface area contributed by atoms with Gasteiger partial charge in [0, 0.05) is 17.0 Å². The van der Waals surface area contributed by atoms with E-state index in [1.54, 1.807) is 5.38 Å². The molecule has 0 saturated carbocycles. The Bertz CT molecular complexity index is 562. The maximum atomic E-state index is 13.1. The molecular formula is C12H10FNO3S. The van der Waals surface area contributed by atoms with Crippen molar-refractivity contribution in [3.05, 3.63) is 35.1 Å². The maximum absolute atomic E-state index is 13.1. The van der Waals surface area contributed by atoms with Gasteiger partial charge in [-0.25, -0.2) is 9.37 Å². The second-order valence-electron chi connectivity index (χ2n) is 3.60. The maximum Gasteiger partial charge on any atom is 0.311 e. The quantitative estimate of drug-likeness (QED) is 0.867. The fourth-order valence-corrected chi connectivity index (χ4v) is 2.25. The number of methoxy groups -OCH3 is 1. The van der Waals surface area contributed by atoms with E-state index in [0.29, 0.717) is 16.3 Å². The zero-order valence-electron chi connectivity index (χ0n) is 9.51. The van der Waals surface area contributed by atoms with E-state index >= 15 is 0 Å². The third-order valence-corrected chi connectivity index (χ3v) is 3.17. The number of aromatic hydroxyl groups is 1. The summed E-state index contributed by atoms with van der Waals surface area (Å²) in [6.07, 6.45) is 0.0777. The Morgan fingerprint density at radius 1 is 1.50 bits per heavy atom. The van der Waals surface area contributed by atoms with Crippen LogP contribution in [0.5, 0.6) is 5.75 Å². The lowest BCUT2D eigenvalue weighted by Crippen LogP contribution is -2.04. The molecule has 18 heavy (non-hydrogen) atoms. The molecule has 1 heterocycles. The van der Waals surface area contributed by atoms with Crippen molar-refractivity contribution in [1.82, 2.24) is 4.98 Å². The number of ether oxygens (including phenoxy) is 1. The Labute approximate surface area is 107 Å². The molecule has 6 heteroatoms. The van der Waals surface area contributed by atoms with Gasteiger partial charge in [0.2, 0.25) is 0 Å². The third-order valence-electron chi connectivity index (χ3n) is 2.23. The highest BCUT2D eigenvalue weighted by molar-refractivity contribution is 7.13. The number of thiazole rings is 1. The molecule has 0 fully saturated rings. The van der Waals surface area contributed by atoms with Crippen molar-refractivity contribution in [3.63, 3.8) is 0 Å². The van der Waals surface area contributed by atoms with Crippen molar-refractivity contribution in [1.29, 1.82) is 0 Å². The first-order chi connectivity index (χ1) is 8.58. The van der Waals surface area contributed by atoms with E-state index in [1.165, 1.54) is 30.6 Å². The van der Waals surface area contributed by atoms with Crippen LogP contribution in [0.2, 0.25) is 0 Å². The molecular weight excluding hydrogens is 257 g/mol. The van der Waals surface area contributed by atoms with Crippen molar-refractivity contribution in [2.75, 3.05) is 7.11 Å². The number of rotatable bonds is 3. The van der Waals surface area contributed by atoms with E-state index in [2.05, 4.69) is 9.72 Å². The SMILES string of the molecule is COC(=O)Cc1csc(-c2cc(O)cc(F)c2)n1. The minimum absolute atomic E-state index is 0.0777. The van der Waals surface area contributed by atoms with Crippen LogP contribution in [0, 0.1) is 5.82 Å². The van der Waals surface area contributed by atoms with Crippen molar-refractivity contribution >= 4 is 17.3 Å². The molecule has 0 saturated heterocycles. The molecule has 1 aromatic carbocycles. The first kappa shape index (κ1) is 12.5. The lowest BCUT2D eigenvalue weighted by Gasteiger charge is -1.98. The van der Waals surface area contributed by atoms with Gasteiger partial charge in [0.05, 0.1) is 19.2 Å². The Morgan fingerprint density at radius 2 is 2.28 bits per heavy atom. The van der Waals surface area contributed by atoms with Crippen LogP contribution >= 0.6 is 11.3 Å². The molecule has 0 atom stereocenters. The number of nitrogens with zero attached hydrogens (tertiary/aromatic N) is 1. The average Bonchev–Trinajstić information content (AvgIpc) is 2.76. The zero-order valence-corrected chi connectivity index (χ0v) is 10.3. The minimum Gasteiger partial charge on any atom is -0.508 e. The molecule has 1 aromatic heterocycles. The molecule has 0 bridgehead atoms. The molecule has 0 aliphatic rings. The van der Waals surface area contributed by atoms with E-state index in [-0.39, 0.29) is 18.1 Å². The summed E-state index contributed by atoms with van der Waals surface area (Å²) in [6.45, 7) is 0. The molecule has 0 unspecified atom stereocenters. The highest BCUT2D eigenvalue weighted by atomic mass is 32.1. The molecule has 0 radical (unpaired) electrons. The van der Waals surface area contributed by atoms with Gasteiger partial charge in [0.15, 0.2) is 0 Å². The van der Waals surface area contributed by atoms with Crippen LogP contribution in [0.4, 0.5) is 4.39 Å². The number of hydrogen-bond acceptors (Lipinski definition) is 5. The molecule has 1 N–H and O–H groups in total. The van der Waals surface area contributed by atoms with E-state index in [9.17, 15) is 14.3 Å². The number of benzene rings is 1. The van der Waals surface area contributed by atoms with E-state index in [1.807, 2.05) is 0 Å². The topological polar surface area (TPSA) is 59.4 Å². The van der Waals surface area contributed by atoms with E-state index in [4.69, 9.17) is 0 Å². The molecule has 2 rings (SSSR count). The first-order valence-corrected chi connectivity index (χ1v) is 5.97. The number of carbonyl (C=O) groups excluding carboxylic acids is 1. The molecule has 0 amide bonds. The van der Waals surface area contributed by atoms with Crippen LogP contribution in [0.1, 0.15) is 5.69 Å². The fraction of sp³-hybridized carbons (Fsp3) is 0.167. The van der Waals surface area contributed by atoms with Gasteiger partial charge in [-0.2, -0.15) is 0 Å². The highest BCUT2D eigenvalue weighted by Gasteiger charge is 2.10. The van der Waals surface area contributed by atoms with Gasteiger partial charge in [-0.1, -0.05) is 0 Å². The summed E-state index contributed by atoms with van der Waals surface area (Å²) >= 11 is 1.28. The molecule has 94 valence electrons. The standard InChI is InChI=1S/C12H10FNO3S/c1-17-11(16)5-9-6-18-12(14-9)7-2-8(13)4-10(15)3-7/h2-4,6,15H,5H2,1H3. The monoisotopic (exact) mass is 267 g/mol. The number of halogens is 1. The second kappa shape index (κ2) is 5.14. The molecule has 0 spiro atoms. The summed E-state index contributed by atoms with van der Waals surface area (Å²) in [5.74, 6) is -1.07. The van der Waals surface area contributed by atoms with E-state index < -0.39 is 5.82 Å². The largest absolute Gasteiger partial charge is 0.508 e. The molecule has 2 aromatic rings. The lowest BCUT2D eigenvalue weighted by molar-refractivity contribution is -0.139. The molecule has 4 nitrogen and oxygen atoms in total. The Hall–Kier alpha value is -1.95. The number of phenols is 1. The van der Waals surface area contributed by atoms with Gasteiger partial charge in [0.25, 0.3) is 0 Å². The summed E-state index contributed by atoms with van der Waals surface area (Å²) < 4.78 is 17.7. The van der Waals surface area contributed by atoms with Gasteiger partial charge in [0.1, 0.15) is 16.6 Å². The van der Waals surface area contributed by atoms with Gasteiger partial charge in [-0.3, -0.25) is 4.79 Å². The Kier molecular flexibility index (Phi) is 3.57. The molecule has 0 aliphatic heterocycles. The van der Waals surface area contributed by atoms with Crippen molar-refractivity contribution in [2.24, 2.45) is 0 Å². The predicted molar refractivity (Wildman–Crippen MR) is 64.9 cm³/mol. The Balaban J connectivity index is 2.26. The Morgan fingerprint density at radius 3 is 2.94 bits per heavy atom. The van der Waals surface area contributed by atoms with Gasteiger partial charge >= 0.3 is 5.97 Å². The number of hydrogen-bond donors (Lipinski definition) is 1. The number of esters is 1. The van der Waals surface area contributed by atoms with Crippen LogP contribution in [-0.4, -0.2) is 23.2 Å². The summed E-state index contributed by atoms with van der Waals surface area (Å²) in [5.41, 5.74) is 1.04. The van der Waals surface area contributed by atoms with Crippen LogP contribution in [0.15, 0.2) is 23.6 Å². The zero-order chi connectivity index (χ0) is 13.1. The minimum atomic E-state index is -0.533. The lowest BCUT2D eigenvalue weighted by atomic mass is 10.2. The second-order valence-corrected chi connectivity index (χ2v) is 4.45. The summed E-state index contributed by atoms with van der Waals surface area (Å²) in [7, 11) is 1.31. The third kappa shape index (κ3) is 2.84.